The van der Waals surface area contributed by atoms with Crippen molar-refractivity contribution >= 4 is 32.7 Å². The molecule has 1 saturated heterocycles. The summed E-state index contributed by atoms with van der Waals surface area (Å²) < 4.78 is 87.1. The Morgan fingerprint density at radius 3 is 2.09 bits per heavy atom. The zero-order valence-electron chi connectivity index (χ0n) is 16.9. The number of carboxylic acid groups (broad SMARTS) is 1. The molecule has 196 valence electrons. The normalized spacial score (nSPS) is 34.6. The van der Waals surface area contributed by atoms with Crippen molar-refractivity contribution in [3.8, 4) is 0 Å². The Hall–Kier alpha value is -1.98. The first-order valence-electron chi connectivity index (χ1n) is 9.00. The molecule has 0 aromatic heterocycles. The van der Waals surface area contributed by atoms with Gasteiger partial charge in [0.1, 0.15) is 30.5 Å². The molecular weight excluding hydrogens is 518 g/mol. The number of aliphatic hydroxyl groups is 3. The smallest absolute Gasteiger partial charge is 0.397 e. The maximum atomic E-state index is 11.6. The fourth-order valence-electron chi connectivity index (χ4n) is 3.14. The van der Waals surface area contributed by atoms with Gasteiger partial charge in [-0.1, -0.05) is 0 Å². The first kappa shape index (κ1) is 28.3. The summed E-state index contributed by atoms with van der Waals surface area (Å²) in [6.45, 7) is -0.0970. The second kappa shape index (κ2) is 10.7. The van der Waals surface area contributed by atoms with Crippen LogP contribution in [0.2, 0.25) is 0 Å². The average molecular weight is 539 g/mol. The molecule has 20 heteroatoms. The SMILES string of the molecule is CC(=O)N[C@H]1C(O)O[C@H](CO)[C@H](OS(=O)(=O)O)[C@@H]1O[C@@H]1OC(C(=O)O)=C[C@H](O)[C@H]1OS(=O)(=O)O. The maximum absolute atomic E-state index is 11.6. The van der Waals surface area contributed by atoms with Crippen molar-refractivity contribution in [3.63, 3.8) is 0 Å². The highest BCUT2D eigenvalue weighted by atomic mass is 32.3. The van der Waals surface area contributed by atoms with Gasteiger partial charge in [0.2, 0.25) is 18.0 Å². The van der Waals surface area contributed by atoms with Crippen molar-refractivity contribution in [3.05, 3.63) is 11.8 Å². The highest BCUT2D eigenvalue weighted by Crippen LogP contribution is 2.31. The van der Waals surface area contributed by atoms with Crippen molar-refractivity contribution in [2.75, 3.05) is 6.61 Å². The highest BCUT2D eigenvalue weighted by molar-refractivity contribution is 7.81. The number of aliphatic carboxylic acids is 1. The molecule has 0 saturated carbocycles. The molecule has 0 aromatic rings. The number of aliphatic hydroxyl groups excluding tert-OH is 3. The first-order chi connectivity index (χ1) is 15.5. The predicted molar refractivity (Wildman–Crippen MR) is 99.9 cm³/mol. The summed E-state index contributed by atoms with van der Waals surface area (Å²) in [5.41, 5.74) is 0. The molecule has 0 bridgehead atoms. The molecule has 2 aliphatic rings. The van der Waals surface area contributed by atoms with E-state index in [0.29, 0.717) is 6.08 Å². The van der Waals surface area contributed by atoms with Gasteiger partial charge in [-0.2, -0.15) is 16.8 Å². The number of carbonyl (C=O) groups excluding carboxylic acids is 1. The van der Waals surface area contributed by atoms with Crippen LogP contribution in [0.15, 0.2) is 11.8 Å². The molecule has 8 atom stereocenters. The quantitative estimate of drug-likeness (QED) is 0.136. The Bertz CT molecular complexity index is 1010. The molecular formula is C14H21NO17S2. The molecule has 0 spiro atoms. The van der Waals surface area contributed by atoms with Gasteiger partial charge in [-0.3, -0.25) is 13.9 Å². The van der Waals surface area contributed by atoms with Crippen LogP contribution in [0.5, 0.6) is 0 Å². The van der Waals surface area contributed by atoms with Crippen molar-refractivity contribution in [1.29, 1.82) is 0 Å². The van der Waals surface area contributed by atoms with Crippen LogP contribution in [0.3, 0.4) is 0 Å². The largest absolute Gasteiger partial charge is 0.475 e. The van der Waals surface area contributed by atoms with E-state index in [-0.39, 0.29) is 0 Å². The lowest BCUT2D eigenvalue weighted by Gasteiger charge is -2.45. The number of carbonyl (C=O) groups is 2. The zero-order chi connectivity index (χ0) is 26.0. The Morgan fingerprint density at radius 1 is 1.06 bits per heavy atom. The summed E-state index contributed by atoms with van der Waals surface area (Å²) in [6, 6.07) is -1.77. The fourth-order valence-corrected chi connectivity index (χ4v) is 4.14. The maximum Gasteiger partial charge on any atom is 0.397 e. The minimum Gasteiger partial charge on any atom is -0.475 e. The summed E-state index contributed by atoms with van der Waals surface area (Å²) in [7, 11) is -10.6. The van der Waals surface area contributed by atoms with Gasteiger partial charge in [-0.05, 0) is 6.08 Å². The lowest BCUT2D eigenvalue weighted by molar-refractivity contribution is -0.296. The minimum atomic E-state index is -5.32. The summed E-state index contributed by atoms with van der Waals surface area (Å²) in [4.78, 5) is 22.9. The number of amides is 1. The van der Waals surface area contributed by atoms with Gasteiger partial charge in [0.05, 0.1) is 6.61 Å². The number of rotatable bonds is 9. The third-order valence-electron chi connectivity index (χ3n) is 4.35. The van der Waals surface area contributed by atoms with E-state index >= 15 is 0 Å². The molecule has 1 fully saturated rings. The zero-order valence-corrected chi connectivity index (χ0v) is 18.5. The Labute approximate surface area is 191 Å². The van der Waals surface area contributed by atoms with Crippen molar-refractivity contribution in [2.24, 2.45) is 0 Å². The van der Waals surface area contributed by atoms with Crippen LogP contribution in [0.1, 0.15) is 6.92 Å². The molecule has 0 radical (unpaired) electrons. The number of ether oxygens (including phenoxy) is 3. The Balaban J connectivity index is 2.54. The molecule has 7 N–H and O–H groups in total. The van der Waals surface area contributed by atoms with E-state index in [1.54, 1.807) is 0 Å². The summed E-state index contributed by atoms with van der Waals surface area (Å²) in [6.07, 6.45) is -14.0. The Morgan fingerprint density at radius 2 is 1.62 bits per heavy atom. The second-order valence-corrected chi connectivity index (χ2v) is 8.96. The van der Waals surface area contributed by atoms with Crippen LogP contribution in [0.25, 0.3) is 0 Å². The van der Waals surface area contributed by atoms with Crippen LogP contribution in [0, 0.1) is 0 Å². The second-order valence-electron chi connectivity index (χ2n) is 6.86. The van der Waals surface area contributed by atoms with E-state index in [1.165, 1.54) is 0 Å². The van der Waals surface area contributed by atoms with Crippen LogP contribution < -0.4 is 5.32 Å². The van der Waals surface area contributed by atoms with E-state index < -0.39 is 94.2 Å². The number of carboxylic acids is 1. The molecule has 1 unspecified atom stereocenters. The van der Waals surface area contributed by atoms with Gasteiger partial charge in [0, 0.05) is 6.92 Å². The molecule has 0 aliphatic carbocycles. The third kappa shape index (κ3) is 7.51. The van der Waals surface area contributed by atoms with Gasteiger partial charge in [0.25, 0.3) is 0 Å². The van der Waals surface area contributed by atoms with E-state index in [1.807, 2.05) is 0 Å². The van der Waals surface area contributed by atoms with Crippen molar-refractivity contribution in [2.45, 2.75) is 56.1 Å². The van der Waals surface area contributed by atoms with Gasteiger partial charge in [0.15, 0.2) is 12.4 Å². The number of hydrogen-bond donors (Lipinski definition) is 7. The average Bonchev–Trinajstić information content (AvgIpc) is 2.66. The monoisotopic (exact) mass is 539 g/mol. The summed E-state index contributed by atoms with van der Waals surface area (Å²) >= 11 is 0. The standard InChI is InChI=1S/C14H21NO17S2/c1-4(17)15-8-11(10(32-34(25,26)27)7(3-16)28-13(8)21)30-14-9(31-33(22,23)24)5(18)2-6(29-14)12(19)20/h2,5,7-11,13-14,16,18,21H,3H2,1H3,(H,15,17)(H,19,20)(H,22,23,24)(H,25,26,27)/t5-,7+,8+,9+,10-,11+,13?,14-/m0/s1. The molecule has 18 nitrogen and oxygen atoms in total. The molecule has 0 aromatic carbocycles. The van der Waals surface area contributed by atoms with E-state index in [2.05, 4.69) is 13.7 Å². The minimum absolute atomic E-state index is 0.491. The first-order valence-corrected chi connectivity index (χ1v) is 11.7. The predicted octanol–water partition coefficient (Wildman–Crippen LogP) is -4.35. The van der Waals surface area contributed by atoms with E-state index in [4.69, 9.17) is 28.4 Å². The number of hydrogen-bond acceptors (Lipinski definition) is 14. The van der Waals surface area contributed by atoms with Gasteiger partial charge in [-0.25, -0.2) is 13.2 Å². The molecule has 2 heterocycles. The number of nitrogens with one attached hydrogen (secondary N) is 1. The van der Waals surface area contributed by atoms with Gasteiger partial charge < -0.3 is 40.0 Å². The third-order valence-corrected chi connectivity index (χ3v) is 5.28. The summed E-state index contributed by atoms with van der Waals surface area (Å²) in [5, 5.41) is 41.1. The van der Waals surface area contributed by atoms with Crippen molar-refractivity contribution in [1.82, 2.24) is 5.32 Å². The Kier molecular flexibility index (Phi) is 8.93. The van der Waals surface area contributed by atoms with E-state index in [9.17, 15) is 41.7 Å². The fraction of sp³-hybridized carbons (Fsp3) is 0.714. The molecule has 34 heavy (non-hydrogen) atoms. The highest BCUT2D eigenvalue weighted by Gasteiger charge is 2.52. The van der Waals surface area contributed by atoms with Crippen molar-refractivity contribution < 1.29 is 78.5 Å². The lowest BCUT2D eigenvalue weighted by Crippen LogP contribution is -2.67. The summed E-state index contributed by atoms with van der Waals surface area (Å²) in [5.74, 6) is -3.62. The van der Waals surface area contributed by atoms with Gasteiger partial charge >= 0.3 is 26.8 Å². The van der Waals surface area contributed by atoms with Crippen LogP contribution in [0.4, 0.5) is 0 Å². The van der Waals surface area contributed by atoms with Crippen LogP contribution >= 0.6 is 0 Å². The van der Waals surface area contributed by atoms with Crippen LogP contribution in [-0.2, 0) is 53.0 Å². The lowest BCUT2D eigenvalue weighted by atomic mass is 9.96. The molecule has 2 rings (SSSR count). The topological polar surface area (TPSA) is 282 Å². The van der Waals surface area contributed by atoms with E-state index in [0.717, 1.165) is 6.92 Å². The van der Waals surface area contributed by atoms with Crippen LogP contribution in [-0.4, -0.2) is 114 Å². The van der Waals surface area contributed by atoms with Gasteiger partial charge in [-0.15, -0.1) is 0 Å². The molecule has 1 amide bonds. The molecule has 2 aliphatic heterocycles.